The minimum atomic E-state index is -2.55. The number of hydrogen-bond acceptors (Lipinski definition) is 1. The van der Waals surface area contributed by atoms with Crippen molar-refractivity contribution >= 4 is 5.91 Å². The Labute approximate surface area is 93.7 Å². The molecular formula is C12H15F2NO. The fraction of sp³-hybridized carbons (Fsp3) is 0.417. The van der Waals surface area contributed by atoms with Crippen molar-refractivity contribution in [2.75, 3.05) is 0 Å². The molecule has 16 heavy (non-hydrogen) atoms. The first-order valence-corrected chi connectivity index (χ1v) is 5.00. The summed E-state index contributed by atoms with van der Waals surface area (Å²) in [7, 11) is 0. The molecular weight excluding hydrogens is 212 g/mol. The Balaban J connectivity index is 2.88. The maximum Gasteiger partial charge on any atom is 0.263 e. The van der Waals surface area contributed by atoms with Gasteiger partial charge in [0, 0.05) is 16.7 Å². The van der Waals surface area contributed by atoms with Crippen LogP contribution in [0.4, 0.5) is 8.78 Å². The molecule has 0 bridgehead atoms. The molecule has 1 N–H and O–H groups in total. The van der Waals surface area contributed by atoms with E-state index in [-0.39, 0.29) is 22.6 Å². The summed E-state index contributed by atoms with van der Waals surface area (Å²) in [5.41, 5.74) is -0.257. The van der Waals surface area contributed by atoms with Crippen LogP contribution in [0.15, 0.2) is 24.3 Å². The first-order valence-electron chi connectivity index (χ1n) is 5.00. The van der Waals surface area contributed by atoms with Crippen molar-refractivity contribution in [3.05, 3.63) is 35.4 Å². The zero-order chi connectivity index (χ0) is 12.3. The molecule has 0 aliphatic rings. The minimum absolute atomic E-state index is 0.137. The summed E-state index contributed by atoms with van der Waals surface area (Å²) in [6.07, 6.45) is -2.55. The van der Waals surface area contributed by atoms with E-state index in [0.717, 1.165) is 0 Å². The SMILES string of the molecule is CC(C)(C)NC(=O)c1cccc(C(F)F)c1. The molecule has 0 aromatic heterocycles. The molecule has 0 fully saturated rings. The van der Waals surface area contributed by atoms with Crippen LogP contribution in [0.25, 0.3) is 0 Å². The Hall–Kier alpha value is -1.45. The second kappa shape index (κ2) is 4.60. The largest absolute Gasteiger partial charge is 0.347 e. The monoisotopic (exact) mass is 227 g/mol. The van der Waals surface area contributed by atoms with Crippen LogP contribution >= 0.6 is 0 Å². The number of benzene rings is 1. The lowest BCUT2D eigenvalue weighted by atomic mass is 10.1. The molecule has 0 heterocycles. The Bertz CT molecular complexity index is 383. The van der Waals surface area contributed by atoms with E-state index in [1.165, 1.54) is 24.3 Å². The fourth-order valence-electron chi connectivity index (χ4n) is 1.23. The first kappa shape index (κ1) is 12.6. The topological polar surface area (TPSA) is 29.1 Å². The van der Waals surface area contributed by atoms with Crippen molar-refractivity contribution < 1.29 is 13.6 Å². The highest BCUT2D eigenvalue weighted by Crippen LogP contribution is 2.19. The van der Waals surface area contributed by atoms with Gasteiger partial charge < -0.3 is 5.32 Å². The van der Waals surface area contributed by atoms with Crippen LogP contribution in [0.1, 0.15) is 43.1 Å². The van der Waals surface area contributed by atoms with Gasteiger partial charge in [-0.15, -0.1) is 0 Å². The Morgan fingerprint density at radius 1 is 1.31 bits per heavy atom. The summed E-state index contributed by atoms with van der Waals surface area (Å²) in [5, 5.41) is 2.72. The normalized spacial score (nSPS) is 11.6. The number of nitrogens with one attached hydrogen (secondary N) is 1. The van der Waals surface area contributed by atoms with Gasteiger partial charge in [-0.25, -0.2) is 8.78 Å². The molecule has 1 aromatic rings. The predicted octanol–water partition coefficient (Wildman–Crippen LogP) is 3.15. The quantitative estimate of drug-likeness (QED) is 0.826. The van der Waals surface area contributed by atoms with Gasteiger partial charge in [0.25, 0.3) is 12.3 Å². The lowest BCUT2D eigenvalue weighted by Gasteiger charge is -2.20. The Morgan fingerprint density at radius 3 is 2.44 bits per heavy atom. The lowest BCUT2D eigenvalue weighted by molar-refractivity contribution is 0.0919. The Morgan fingerprint density at radius 2 is 1.94 bits per heavy atom. The summed E-state index contributed by atoms with van der Waals surface area (Å²) < 4.78 is 24.8. The van der Waals surface area contributed by atoms with Crippen molar-refractivity contribution in [3.63, 3.8) is 0 Å². The lowest BCUT2D eigenvalue weighted by Crippen LogP contribution is -2.40. The van der Waals surface area contributed by atoms with Crippen LogP contribution in [-0.4, -0.2) is 11.4 Å². The highest BCUT2D eigenvalue weighted by molar-refractivity contribution is 5.94. The first-order chi connectivity index (χ1) is 7.29. The summed E-state index contributed by atoms with van der Waals surface area (Å²) in [6.45, 7) is 5.51. The van der Waals surface area contributed by atoms with Crippen LogP contribution in [0, 0.1) is 0 Å². The molecule has 0 radical (unpaired) electrons. The van der Waals surface area contributed by atoms with Crippen molar-refractivity contribution in [1.29, 1.82) is 0 Å². The van der Waals surface area contributed by atoms with Crippen LogP contribution in [0.3, 0.4) is 0 Å². The van der Waals surface area contributed by atoms with E-state index < -0.39 is 6.43 Å². The molecule has 0 atom stereocenters. The summed E-state index contributed by atoms with van der Waals surface area (Å²) in [6, 6.07) is 5.50. The maximum atomic E-state index is 12.4. The minimum Gasteiger partial charge on any atom is -0.347 e. The third kappa shape index (κ3) is 3.61. The van der Waals surface area contributed by atoms with E-state index in [1.807, 2.05) is 20.8 Å². The number of hydrogen-bond donors (Lipinski definition) is 1. The van der Waals surface area contributed by atoms with Gasteiger partial charge in [0.2, 0.25) is 0 Å². The standard InChI is InChI=1S/C12H15F2NO/c1-12(2,3)15-11(16)9-6-4-5-8(7-9)10(13)14/h4-7,10H,1-3H3,(H,15,16). The summed E-state index contributed by atoms with van der Waals surface area (Å²) in [5.74, 6) is -0.338. The molecule has 1 rings (SSSR count). The van der Waals surface area contributed by atoms with Crippen molar-refractivity contribution in [1.82, 2.24) is 5.32 Å². The van der Waals surface area contributed by atoms with Crippen molar-refractivity contribution in [2.24, 2.45) is 0 Å². The maximum absolute atomic E-state index is 12.4. The molecule has 0 spiro atoms. The second-order valence-electron chi connectivity index (χ2n) is 4.63. The van der Waals surface area contributed by atoms with E-state index in [1.54, 1.807) is 0 Å². The zero-order valence-electron chi connectivity index (χ0n) is 9.55. The van der Waals surface area contributed by atoms with Crippen molar-refractivity contribution in [3.8, 4) is 0 Å². The predicted molar refractivity (Wildman–Crippen MR) is 58.6 cm³/mol. The van der Waals surface area contributed by atoms with Gasteiger partial charge in [0.05, 0.1) is 0 Å². The van der Waals surface area contributed by atoms with E-state index in [0.29, 0.717) is 0 Å². The Kier molecular flexibility index (Phi) is 3.62. The average molecular weight is 227 g/mol. The number of carbonyl (C=O) groups excluding carboxylic acids is 1. The van der Waals surface area contributed by atoms with Crippen LogP contribution < -0.4 is 5.32 Å². The van der Waals surface area contributed by atoms with Gasteiger partial charge in [-0.1, -0.05) is 12.1 Å². The van der Waals surface area contributed by atoms with Gasteiger partial charge in [-0.2, -0.15) is 0 Å². The van der Waals surface area contributed by atoms with Crippen LogP contribution in [0.2, 0.25) is 0 Å². The number of rotatable bonds is 2. The van der Waals surface area contributed by atoms with Gasteiger partial charge in [0.15, 0.2) is 0 Å². The van der Waals surface area contributed by atoms with E-state index in [9.17, 15) is 13.6 Å². The zero-order valence-corrected chi connectivity index (χ0v) is 9.55. The molecule has 0 unspecified atom stereocenters. The van der Waals surface area contributed by atoms with Gasteiger partial charge in [-0.05, 0) is 32.9 Å². The van der Waals surface area contributed by atoms with E-state index in [2.05, 4.69) is 5.32 Å². The smallest absolute Gasteiger partial charge is 0.263 e. The summed E-state index contributed by atoms with van der Waals surface area (Å²) in [4.78, 5) is 11.7. The average Bonchev–Trinajstić information content (AvgIpc) is 2.15. The number of halogens is 2. The highest BCUT2D eigenvalue weighted by Gasteiger charge is 2.16. The second-order valence-corrected chi connectivity index (χ2v) is 4.63. The molecule has 4 heteroatoms. The van der Waals surface area contributed by atoms with E-state index in [4.69, 9.17) is 0 Å². The van der Waals surface area contributed by atoms with Gasteiger partial charge in [0.1, 0.15) is 0 Å². The van der Waals surface area contributed by atoms with Gasteiger partial charge >= 0.3 is 0 Å². The molecule has 1 aromatic carbocycles. The van der Waals surface area contributed by atoms with E-state index >= 15 is 0 Å². The number of amides is 1. The van der Waals surface area contributed by atoms with Crippen molar-refractivity contribution in [2.45, 2.75) is 32.7 Å². The molecule has 0 saturated heterocycles. The van der Waals surface area contributed by atoms with Crippen LogP contribution in [-0.2, 0) is 0 Å². The molecule has 1 amide bonds. The van der Waals surface area contributed by atoms with Crippen LogP contribution in [0.5, 0.6) is 0 Å². The molecule has 88 valence electrons. The molecule has 0 aliphatic carbocycles. The summed E-state index contributed by atoms with van der Waals surface area (Å²) >= 11 is 0. The highest BCUT2D eigenvalue weighted by atomic mass is 19.3. The fourth-order valence-corrected chi connectivity index (χ4v) is 1.23. The van der Waals surface area contributed by atoms with Gasteiger partial charge in [-0.3, -0.25) is 4.79 Å². The molecule has 0 aliphatic heterocycles. The third-order valence-electron chi connectivity index (χ3n) is 1.89. The molecule has 0 saturated carbocycles. The number of alkyl halides is 2. The number of carbonyl (C=O) groups is 1. The third-order valence-corrected chi connectivity index (χ3v) is 1.89. The molecule has 2 nitrogen and oxygen atoms in total.